The third-order valence-electron chi connectivity index (χ3n) is 4.88. The van der Waals surface area contributed by atoms with Crippen LogP contribution in [0.5, 0.6) is 11.5 Å². The lowest BCUT2D eigenvalue weighted by Gasteiger charge is -2.15. The Morgan fingerprint density at radius 3 is 1.97 bits per heavy atom. The van der Waals surface area contributed by atoms with E-state index in [0.717, 1.165) is 16.7 Å². The molecule has 0 saturated heterocycles. The standard InChI is InChI=1S/C27H30N2O5/c1-2-32-26(30)18-29-27(31)28-16-15-21-13-14-24(33-19-22-9-5-3-6-10-22)25(17-21)34-20-23-11-7-4-8-12-23/h3-14,17H,2,15-16,18-20H2,1H3,(H2,28,29,31). The van der Waals surface area contributed by atoms with Crippen molar-refractivity contribution in [2.45, 2.75) is 26.6 Å². The Hall–Kier alpha value is -4.00. The van der Waals surface area contributed by atoms with Crippen LogP contribution in [-0.4, -0.2) is 31.7 Å². The summed E-state index contributed by atoms with van der Waals surface area (Å²) >= 11 is 0. The van der Waals surface area contributed by atoms with E-state index in [1.807, 2.05) is 78.9 Å². The monoisotopic (exact) mass is 462 g/mol. The fourth-order valence-electron chi connectivity index (χ4n) is 3.16. The van der Waals surface area contributed by atoms with Gasteiger partial charge in [-0.2, -0.15) is 0 Å². The summed E-state index contributed by atoms with van der Waals surface area (Å²) in [5.41, 5.74) is 3.11. The van der Waals surface area contributed by atoms with Gasteiger partial charge in [0.05, 0.1) is 6.61 Å². The zero-order valence-electron chi connectivity index (χ0n) is 19.3. The first-order chi connectivity index (χ1) is 16.6. The molecular formula is C27H30N2O5. The van der Waals surface area contributed by atoms with Crippen molar-refractivity contribution in [3.8, 4) is 11.5 Å². The van der Waals surface area contributed by atoms with Gasteiger partial charge in [-0.15, -0.1) is 0 Å². The van der Waals surface area contributed by atoms with Gasteiger partial charge in [0.15, 0.2) is 11.5 Å². The summed E-state index contributed by atoms with van der Waals surface area (Å²) < 4.78 is 16.9. The molecule has 34 heavy (non-hydrogen) atoms. The van der Waals surface area contributed by atoms with E-state index in [0.29, 0.717) is 37.7 Å². The number of carbonyl (C=O) groups is 2. The second-order valence-corrected chi connectivity index (χ2v) is 7.49. The predicted molar refractivity (Wildman–Crippen MR) is 130 cm³/mol. The van der Waals surface area contributed by atoms with E-state index in [-0.39, 0.29) is 13.2 Å². The Kier molecular flexibility index (Phi) is 9.80. The highest BCUT2D eigenvalue weighted by molar-refractivity contribution is 5.80. The molecule has 0 aliphatic heterocycles. The van der Waals surface area contributed by atoms with E-state index in [4.69, 9.17) is 14.2 Å². The molecule has 0 atom stereocenters. The van der Waals surface area contributed by atoms with Crippen LogP contribution < -0.4 is 20.1 Å². The minimum atomic E-state index is -0.469. The molecule has 0 spiro atoms. The SMILES string of the molecule is CCOC(=O)CNC(=O)NCCc1ccc(OCc2ccccc2)c(OCc2ccccc2)c1. The van der Waals surface area contributed by atoms with Crippen LogP contribution in [-0.2, 0) is 29.2 Å². The van der Waals surface area contributed by atoms with Gasteiger partial charge in [-0.25, -0.2) is 4.79 Å². The molecule has 0 heterocycles. The van der Waals surface area contributed by atoms with E-state index >= 15 is 0 Å². The molecule has 178 valence electrons. The lowest BCUT2D eigenvalue weighted by molar-refractivity contribution is -0.141. The molecule has 3 rings (SSSR count). The van der Waals surface area contributed by atoms with Gasteiger partial charge in [0, 0.05) is 6.54 Å². The normalized spacial score (nSPS) is 10.3. The highest BCUT2D eigenvalue weighted by Gasteiger charge is 2.10. The lowest BCUT2D eigenvalue weighted by Crippen LogP contribution is -2.39. The van der Waals surface area contributed by atoms with Crippen molar-refractivity contribution >= 4 is 12.0 Å². The van der Waals surface area contributed by atoms with E-state index in [1.54, 1.807) is 6.92 Å². The summed E-state index contributed by atoms with van der Waals surface area (Å²) in [5, 5.41) is 5.21. The van der Waals surface area contributed by atoms with Gasteiger partial charge in [0.1, 0.15) is 19.8 Å². The maximum atomic E-state index is 11.9. The van der Waals surface area contributed by atoms with Gasteiger partial charge in [0.25, 0.3) is 0 Å². The van der Waals surface area contributed by atoms with Gasteiger partial charge in [-0.05, 0) is 42.2 Å². The molecule has 7 nitrogen and oxygen atoms in total. The summed E-state index contributed by atoms with van der Waals surface area (Å²) in [4.78, 5) is 23.2. The molecule has 0 aliphatic rings. The van der Waals surface area contributed by atoms with Gasteiger partial charge >= 0.3 is 12.0 Å². The smallest absolute Gasteiger partial charge is 0.325 e. The number of hydrogen-bond donors (Lipinski definition) is 2. The number of urea groups is 1. The molecule has 0 saturated carbocycles. The maximum Gasteiger partial charge on any atom is 0.325 e. The molecule has 0 aromatic heterocycles. The Morgan fingerprint density at radius 1 is 0.735 bits per heavy atom. The Bertz CT molecular complexity index is 1040. The topological polar surface area (TPSA) is 85.9 Å². The largest absolute Gasteiger partial charge is 0.485 e. The van der Waals surface area contributed by atoms with E-state index in [1.165, 1.54) is 0 Å². The molecule has 2 amide bonds. The van der Waals surface area contributed by atoms with Gasteiger partial charge in [-0.3, -0.25) is 4.79 Å². The molecule has 0 aliphatic carbocycles. The maximum absolute atomic E-state index is 11.9. The molecule has 7 heteroatoms. The first-order valence-corrected chi connectivity index (χ1v) is 11.3. The molecule has 0 fully saturated rings. The summed E-state index contributed by atoms with van der Waals surface area (Å²) in [7, 11) is 0. The van der Waals surface area contributed by atoms with Crippen molar-refractivity contribution in [3.63, 3.8) is 0 Å². The number of hydrogen-bond acceptors (Lipinski definition) is 5. The number of carbonyl (C=O) groups excluding carboxylic acids is 2. The second-order valence-electron chi connectivity index (χ2n) is 7.49. The Morgan fingerprint density at radius 2 is 1.35 bits per heavy atom. The van der Waals surface area contributed by atoms with Crippen molar-refractivity contribution in [2.24, 2.45) is 0 Å². The van der Waals surface area contributed by atoms with E-state index < -0.39 is 12.0 Å². The lowest BCUT2D eigenvalue weighted by atomic mass is 10.1. The van der Waals surface area contributed by atoms with Gasteiger partial charge in [0.2, 0.25) is 0 Å². The average molecular weight is 463 g/mol. The average Bonchev–Trinajstić information content (AvgIpc) is 2.87. The summed E-state index contributed by atoms with van der Waals surface area (Å²) in [6.07, 6.45) is 0.591. The molecule has 0 unspecified atom stereocenters. The number of amides is 2. The minimum Gasteiger partial charge on any atom is -0.485 e. The van der Waals surface area contributed by atoms with Gasteiger partial charge in [-0.1, -0.05) is 66.7 Å². The van der Waals surface area contributed by atoms with Crippen LogP contribution in [0.3, 0.4) is 0 Å². The van der Waals surface area contributed by atoms with Crippen molar-refractivity contribution in [3.05, 3.63) is 95.6 Å². The summed E-state index contributed by atoms with van der Waals surface area (Å²) in [6, 6.07) is 25.2. The van der Waals surface area contributed by atoms with E-state index in [2.05, 4.69) is 10.6 Å². The molecular weight excluding hydrogens is 432 g/mol. The van der Waals surface area contributed by atoms with Crippen molar-refractivity contribution in [1.29, 1.82) is 0 Å². The highest BCUT2D eigenvalue weighted by atomic mass is 16.5. The van der Waals surface area contributed by atoms with Crippen molar-refractivity contribution < 1.29 is 23.8 Å². The summed E-state index contributed by atoms with van der Waals surface area (Å²) in [6.45, 7) is 3.09. The number of ether oxygens (including phenoxy) is 3. The van der Waals surface area contributed by atoms with Crippen LogP contribution in [0.2, 0.25) is 0 Å². The molecule has 3 aromatic carbocycles. The number of rotatable bonds is 12. The minimum absolute atomic E-state index is 0.162. The number of nitrogens with one attached hydrogen (secondary N) is 2. The zero-order chi connectivity index (χ0) is 24.0. The summed E-state index contributed by atoms with van der Waals surface area (Å²) in [5.74, 6) is 0.830. The first kappa shape index (κ1) is 24.6. The molecule has 0 bridgehead atoms. The second kappa shape index (κ2) is 13.5. The third-order valence-corrected chi connectivity index (χ3v) is 4.88. The number of benzene rings is 3. The van der Waals surface area contributed by atoms with Crippen LogP contribution in [0.15, 0.2) is 78.9 Å². The zero-order valence-corrected chi connectivity index (χ0v) is 19.3. The van der Waals surface area contributed by atoms with Crippen LogP contribution in [0.25, 0.3) is 0 Å². The van der Waals surface area contributed by atoms with Crippen LogP contribution >= 0.6 is 0 Å². The first-order valence-electron chi connectivity index (χ1n) is 11.3. The quantitative estimate of drug-likeness (QED) is 0.393. The van der Waals surface area contributed by atoms with Crippen LogP contribution in [0.4, 0.5) is 4.79 Å². The predicted octanol–water partition coefficient (Wildman–Crippen LogP) is 4.25. The number of esters is 1. The Labute approximate surface area is 200 Å². The third kappa shape index (κ3) is 8.50. The molecule has 2 N–H and O–H groups in total. The highest BCUT2D eigenvalue weighted by Crippen LogP contribution is 2.30. The molecule has 3 aromatic rings. The van der Waals surface area contributed by atoms with Crippen LogP contribution in [0.1, 0.15) is 23.6 Å². The van der Waals surface area contributed by atoms with Crippen molar-refractivity contribution in [1.82, 2.24) is 10.6 Å². The fraction of sp³-hybridized carbons (Fsp3) is 0.259. The van der Waals surface area contributed by atoms with E-state index in [9.17, 15) is 9.59 Å². The van der Waals surface area contributed by atoms with Crippen LogP contribution in [0, 0.1) is 0 Å². The van der Waals surface area contributed by atoms with Crippen molar-refractivity contribution in [2.75, 3.05) is 19.7 Å². The van der Waals surface area contributed by atoms with Gasteiger partial charge < -0.3 is 24.8 Å². The molecule has 0 radical (unpaired) electrons. The Balaban J connectivity index is 1.58. The fourth-order valence-corrected chi connectivity index (χ4v) is 3.16.